The fraction of sp³-hybridized carbons (Fsp3) is 0.286. The van der Waals surface area contributed by atoms with Gasteiger partial charge in [-0.15, -0.1) is 10.2 Å². The number of anilines is 2. The lowest BCUT2D eigenvalue weighted by Gasteiger charge is -2.24. The molecule has 8 nitrogen and oxygen atoms in total. The van der Waals surface area contributed by atoms with Crippen molar-refractivity contribution in [1.82, 2.24) is 10.2 Å². The second-order valence-corrected chi connectivity index (χ2v) is 9.55. The third-order valence-electron chi connectivity index (χ3n) is 4.29. The standard InChI is InChI=1S/C21H24N4O4S2/c1-3-29-18-13-8-7-12-17(18)25(31(2,27)28)15-9-14-19(26)22-21-24-23-20(30-21)16-10-5-4-6-11-16/h4-8,10-13H,3,9,14-15H2,1-2H3,(H,22,24,26). The van der Waals surface area contributed by atoms with Gasteiger partial charge in [0.05, 0.1) is 18.6 Å². The molecule has 1 N–H and O–H groups in total. The van der Waals surface area contributed by atoms with Crippen LogP contribution in [0.3, 0.4) is 0 Å². The van der Waals surface area contributed by atoms with Gasteiger partial charge in [-0.3, -0.25) is 9.10 Å². The number of benzene rings is 2. The molecule has 164 valence electrons. The van der Waals surface area contributed by atoms with Gasteiger partial charge in [-0.05, 0) is 25.5 Å². The first-order valence-corrected chi connectivity index (χ1v) is 12.4. The average molecular weight is 461 g/mol. The molecule has 2 aromatic carbocycles. The zero-order valence-electron chi connectivity index (χ0n) is 17.3. The van der Waals surface area contributed by atoms with Crippen LogP contribution in [0.2, 0.25) is 0 Å². The SMILES string of the molecule is CCOc1ccccc1N(CCCC(=O)Nc1nnc(-c2ccccc2)s1)S(C)(=O)=O. The zero-order chi connectivity index (χ0) is 22.3. The molecule has 31 heavy (non-hydrogen) atoms. The molecule has 1 heterocycles. The van der Waals surface area contributed by atoms with Crippen molar-refractivity contribution >= 4 is 38.1 Å². The Bertz CT molecular complexity index is 1120. The molecule has 1 amide bonds. The maximum atomic E-state index is 12.3. The minimum atomic E-state index is -3.54. The van der Waals surface area contributed by atoms with E-state index >= 15 is 0 Å². The summed E-state index contributed by atoms with van der Waals surface area (Å²) in [6.45, 7) is 2.41. The van der Waals surface area contributed by atoms with Gasteiger partial charge in [0.1, 0.15) is 10.8 Å². The van der Waals surface area contributed by atoms with E-state index in [-0.39, 0.29) is 18.9 Å². The fourth-order valence-electron chi connectivity index (χ4n) is 2.94. The van der Waals surface area contributed by atoms with Crippen LogP contribution in [-0.2, 0) is 14.8 Å². The van der Waals surface area contributed by atoms with Gasteiger partial charge in [0.15, 0.2) is 0 Å². The highest BCUT2D eigenvalue weighted by atomic mass is 32.2. The lowest BCUT2D eigenvalue weighted by Crippen LogP contribution is -2.31. The summed E-state index contributed by atoms with van der Waals surface area (Å²) >= 11 is 1.29. The average Bonchev–Trinajstić information content (AvgIpc) is 3.20. The van der Waals surface area contributed by atoms with E-state index in [0.29, 0.717) is 34.6 Å². The van der Waals surface area contributed by atoms with Crippen LogP contribution < -0.4 is 14.4 Å². The second kappa shape index (κ2) is 10.4. The van der Waals surface area contributed by atoms with Crippen molar-refractivity contribution in [2.45, 2.75) is 19.8 Å². The number of carbonyl (C=O) groups excluding carboxylic acids is 1. The van der Waals surface area contributed by atoms with Gasteiger partial charge < -0.3 is 10.1 Å². The number of carbonyl (C=O) groups is 1. The number of rotatable bonds is 10. The highest BCUT2D eigenvalue weighted by Gasteiger charge is 2.21. The van der Waals surface area contributed by atoms with Crippen molar-refractivity contribution < 1.29 is 17.9 Å². The summed E-state index contributed by atoms with van der Waals surface area (Å²) in [5, 5.41) is 12.0. The van der Waals surface area contributed by atoms with Gasteiger partial charge in [0.25, 0.3) is 0 Å². The predicted octanol–water partition coefficient (Wildman–Crippen LogP) is 3.79. The van der Waals surface area contributed by atoms with Gasteiger partial charge in [0.2, 0.25) is 21.1 Å². The van der Waals surface area contributed by atoms with Crippen LogP contribution in [0.4, 0.5) is 10.8 Å². The lowest BCUT2D eigenvalue weighted by atomic mass is 10.2. The van der Waals surface area contributed by atoms with Crippen LogP contribution in [0, 0.1) is 0 Å². The number of aromatic nitrogens is 2. The highest BCUT2D eigenvalue weighted by Crippen LogP contribution is 2.30. The third-order valence-corrected chi connectivity index (χ3v) is 6.36. The highest BCUT2D eigenvalue weighted by molar-refractivity contribution is 7.92. The molecule has 0 saturated heterocycles. The van der Waals surface area contributed by atoms with E-state index in [1.165, 1.54) is 15.6 Å². The monoisotopic (exact) mass is 460 g/mol. The molecule has 0 aliphatic rings. The number of hydrogen-bond acceptors (Lipinski definition) is 7. The minimum absolute atomic E-state index is 0.142. The number of ether oxygens (including phenoxy) is 1. The van der Waals surface area contributed by atoms with Gasteiger partial charge in [-0.2, -0.15) is 0 Å². The molecule has 0 spiro atoms. The van der Waals surface area contributed by atoms with Crippen LogP contribution in [0.25, 0.3) is 10.6 Å². The molecular weight excluding hydrogens is 436 g/mol. The van der Waals surface area contributed by atoms with Crippen LogP contribution in [0.5, 0.6) is 5.75 Å². The summed E-state index contributed by atoms with van der Waals surface area (Å²) in [6.07, 6.45) is 1.62. The van der Waals surface area contributed by atoms with Crippen molar-refractivity contribution in [3.63, 3.8) is 0 Å². The quantitative estimate of drug-likeness (QED) is 0.494. The molecule has 1 aromatic heterocycles. The largest absolute Gasteiger partial charge is 0.492 e. The Morgan fingerprint density at radius 2 is 1.81 bits per heavy atom. The van der Waals surface area contributed by atoms with E-state index in [4.69, 9.17) is 4.74 Å². The third kappa shape index (κ3) is 6.25. The van der Waals surface area contributed by atoms with E-state index in [9.17, 15) is 13.2 Å². The molecule has 0 fully saturated rings. The van der Waals surface area contributed by atoms with Crippen LogP contribution in [0.15, 0.2) is 54.6 Å². The van der Waals surface area contributed by atoms with Crippen molar-refractivity contribution in [1.29, 1.82) is 0 Å². The summed E-state index contributed by atoms with van der Waals surface area (Å²) in [6, 6.07) is 16.5. The summed E-state index contributed by atoms with van der Waals surface area (Å²) in [5.74, 6) is 0.240. The maximum Gasteiger partial charge on any atom is 0.232 e. The molecule has 0 radical (unpaired) electrons. The van der Waals surface area contributed by atoms with Gasteiger partial charge in [-0.25, -0.2) is 8.42 Å². The Hall–Kier alpha value is -2.98. The first-order chi connectivity index (χ1) is 14.9. The topological polar surface area (TPSA) is 101 Å². The van der Waals surface area contributed by atoms with E-state index < -0.39 is 10.0 Å². The number of sulfonamides is 1. The molecule has 0 bridgehead atoms. The first kappa shape index (κ1) is 22.7. The van der Waals surface area contributed by atoms with Crippen molar-refractivity contribution in [3.05, 3.63) is 54.6 Å². The minimum Gasteiger partial charge on any atom is -0.492 e. The normalized spacial score (nSPS) is 11.2. The number of nitrogens with one attached hydrogen (secondary N) is 1. The van der Waals surface area contributed by atoms with Crippen molar-refractivity contribution in [2.75, 3.05) is 29.0 Å². The molecule has 0 atom stereocenters. The molecule has 0 unspecified atom stereocenters. The molecule has 3 rings (SSSR count). The number of nitrogens with zero attached hydrogens (tertiary/aromatic N) is 3. The number of hydrogen-bond donors (Lipinski definition) is 1. The van der Waals surface area contributed by atoms with Gasteiger partial charge in [-0.1, -0.05) is 53.8 Å². The molecule has 10 heteroatoms. The smallest absolute Gasteiger partial charge is 0.232 e. The van der Waals surface area contributed by atoms with Crippen molar-refractivity contribution in [3.8, 4) is 16.3 Å². The van der Waals surface area contributed by atoms with Crippen LogP contribution in [0.1, 0.15) is 19.8 Å². The van der Waals surface area contributed by atoms with Crippen molar-refractivity contribution in [2.24, 2.45) is 0 Å². The van der Waals surface area contributed by atoms with E-state index in [1.54, 1.807) is 24.3 Å². The van der Waals surface area contributed by atoms with E-state index in [1.807, 2.05) is 37.3 Å². The molecule has 0 aliphatic heterocycles. The summed E-state index contributed by atoms with van der Waals surface area (Å²) in [5.41, 5.74) is 1.39. The Balaban J connectivity index is 1.60. The van der Waals surface area contributed by atoms with E-state index in [0.717, 1.165) is 11.8 Å². The Labute approximate surface area is 185 Å². The molecule has 0 aliphatic carbocycles. The zero-order valence-corrected chi connectivity index (χ0v) is 18.9. The Morgan fingerprint density at radius 3 is 2.52 bits per heavy atom. The first-order valence-electron chi connectivity index (χ1n) is 9.77. The number of amides is 1. The van der Waals surface area contributed by atoms with Crippen LogP contribution >= 0.6 is 11.3 Å². The fourth-order valence-corrected chi connectivity index (χ4v) is 4.68. The molecular formula is C21H24N4O4S2. The maximum absolute atomic E-state index is 12.3. The van der Waals surface area contributed by atoms with E-state index in [2.05, 4.69) is 15.5 Å². The summed E-state index contributed by atoms with van der Waals surface area (Å²) in [7, 11) is -3.54. The lowest BCUT2D eigenvalue weighted by molar-refractivity contribution is -0.116. The Kier molecular flexibility index (Phi) is 7.59. The molecule has 3 aromatic rings. The van der Waals surface area contributed by atoms with Crippen LogP contribution in [-0.4, -0.2) is 43.9 Å². The summed E-state index contributed by atoms with van der Waals surface area (Å²) < 4.78 is 31.5. The summed E-state index contributed by atoms with van der Waals surface area (Å²) in [4.78, 5) is 12.3. The second-order valence-electron chi connectivity index (χ2n) is 6.67. The number of para-hydroxylation sites is 2. The molecule has 0 saturated carbocycles. The van der Waals surface area contributed by atoms with Gasteiger partial charge >= 0.3 is 0 Å². The predicted molar refractivity (Wildman–Crippen MR) is 123 cm³/mol. The Morgan fingerprint density at radius 1 is 1.10 bits per heavy atom. The van der Waals surface area contributed by atoms with Gasteiger partial charge in [0, 0.05) is 18.5 Å².